The molecule has 1 heterocycles. The summed E-state index contributed by atoms with van der Waals surface area (Å²) >= 11 is 3.53. The Kier molecular flexibility index (Phi) is 11.6. The number of benzene rings is 1. The molecule has 6 heteroatoms. The molecule has 0 aromatic heterocycles. The van der Waals surface area contributed by atoms with Crippen LogP contribution in [0.4, 0.5) is 10.1 Å². The number of alkyl halides is 1. The SMILES string of the molecule is CF.CN(C)CC(=O)N1CCN(c2ccccc2)CC1.CS. The van der Waals surface area contributed by atoms with Crippen LogP contribution in [0.2, 0.25) is 0 Å². The minimum atomic E-state index is 0.229. The van der Waals surface area contributed by atoms with Crippen molar-refractivity contribution in [3.8, 4) is 0 Å². The van der Waals surface area contributed by atoms with E-state index in [-0.39, 0.29) is 5.91 Å². The van der Waals surface area contributed by atoms with Crippen molar-refractivity contribution in [2.75, 3.05) is 65.2 Å². The minimum Gasteiger partial charge on any atom is -0.368 e. The van der Waals surface area contributed by atoms with Crippen LogP contribution in [0.3, 0.4) is 0 Å². The molecule has 1 aliphatic heterocycles. The Balaban J connectivity index is 0.00000102. The number of carbonyl (C=O) groups is 1. The van der Waals surface area contributed by atoms with E-state index < -0.39 is 0 Å². The number of nitrogens with zero attached hydrogens (tertiary/aromatic N) is 3. The van der Waals surface area contributed by atoms with Crippen molar-refractivity contribution >= 4 is 24.2 Å². The lowest BCUT2D eigenvalue weighted by Gasteiger charge is -2.36. The average Bonchev–Trinajstić information content (AvgIpc) is 2.59. The van der Waals surface area contributed by atoms with Gasteiger partial charge in [0, 0.05) is 31.9 Å². The summed E-state index contributed by atoms with van der Waals surface area (Å²) < 4.78 is 9.50. The van der Waals surface area contributed by atoms with Gasteiger partial charge in [0.2, 0.25) is 5.91 Å². The standard InChI is InChI=1S/C14H21N3O.CH3F.CH4S/c1-15(2)12-14(18)17-10-8-16(9-11-17)13-6-4-3-5-7-13;2*1-2/h3-7H,8-12H2,1-2H3;1H3;2H,1H3. The number of carbonyl (C=O) groups excluding carboxylic acids is 1. The first-order valence-electron chi connectivity index (χ1n) is 7.22. The van der Waals surface area contributed by atoms with Crippen LogP contribution in [-0.4, -0.2) is 76.0 Å². The second-order valence-corrected chi connectivity index (χ2v) is 4.94. The highest BCUT2D eigenvalue weighted by molar-refractivity contribution is 7.79. The van der Waals surface area contributed by atoms with Gasteiger partial charge in [-0.05, 0) is 32.5 Å². The smallest absolute Gasteiger partial charge is 0.236 e. The molecular weight excluding hydrogens is 301 g/mol. The van der Waals surface area contributed by atoms with Crippen molar-refractivity contribution in [2.45, 2.75) is 0 Å². The first-order chi connectivity index (χ1) is 10.7. The van der Waals surface area contributed by atoms with Crippen molar-refractivity contribution in [3.63, 3.8) is 0 Å². The molecule has 0 atom stereocenters. The van der Waals surface area contributed by atoms with Crippen LogP contribution in [-0.2, 0) is 4.79 Å². The zero-order chi connectivity index (χ0) is 17.0. The number of piperazine rings is 1. The van der Waals surface area contributed by atoms with Crippen molar-refractivity contribution < 1.29 is 9.18 Å². The van der Waals surface area contributed by atoms with Gasteiger partial charge in [-0.15, -0.1) is 0 Å². The van der Waals surface area contributed by atoms with Crippen LogP contribution in [0.1, 0.15) is 0 Å². The van der Waals surface area contributed by atoms with Gasteiger partial charge in [0.25, 0.3) is 0 Å². The third-order valence-electron chi connectivity index (χ3n) is 3.21. The fraction of sp³-hybridized carbons (Fsp3) is 0.562. The average molecular weight is 329 g/mol. The number of anilines is 1. The van der Waals surface area contributed by atoms with Crippen LogP contribution < -0.4 is 4.90 Å². The summed E-state index contributed by atoms with van der Waals surface area (Å²) in [4.78, 5) is 18.1. The second-order valence-electron chi connectivity index (χ2n) is 4.94. The lowest BCUT2D eigenvalue weighted by atomic mass is 10.2. The van der Waals surface area contributed by atoms with E-state index in [0.717, 1.165) is 26.2 Å². The van der Waals surface area contributed by atoms with Crippen LogP contribution in [0, 0.1) is 0 Å². The topological polar surface area (TPSA) is 26.8 Å². The number of halogens is 1. The van der Waals surface area contributed by atoms with Crippen molar-refractivity contribution in [1.29, 1.82) is 0 Å². The first kappa shape index (κ1) is 20.7. The lowest BCUT2D eigenvalue weighted by Crippen LogP contribution is -2.50. The normalized spacial score (nSPS) is 13.8. The van der Waals surface area contributed by atoms with Gasteiger partial charge in [-0.2, -0.15) is 12.6 Å². The molecule has 22 heavy (non-hydrogen) atoms. The van der Waals surface area contributed by atoms with Gasteiger partial charge in [-0.25, -0.2) is 0 Å². The summed E-state index contributed by atoms with van der Waals surface area (Å²) in [7, 11) is 4.36. The molecular formula is C16H28FN3OS. The first-order valence-corrected chi connectivity index (χ1v) is 8.11. The molecule has 1 fully saturated rings. The summed E-state index contributed by atoms with van der Waals surface area (Å²) in [5.74, 6) is 0.229. The summed E-state index contributed by atoms with van der Waals surface area (Å²) in [6.45, 7) is 3.99. The van der Waals surface area contributed by atoms with Crippen molar-refractivity contribution in [2.24, 2.45) is 0 Å². The maximum atomic E-state index is 11.9. The van der Waals surface area contributed by atoms with Crippen LogP contribution in [0.25, 0.3) is 0 Å². The van der Waals surface area contributed by atoms with Crippen molar-refractivity contribution in [1.82, 2.24) is 9.80 Å². The largest absolute Gasteiger partial charge is 0.368 e. The molecule has 4 nitrogen and oxygen atoms in total. The highest BCUT2D eigenvalue weighted by Crippen LogP contribution is 2.15. The molecule has 1 amide bonds. The van der Waals surface area contributed by atoms with Gasteiger partial charge in [0.15, 0.2) is 0 Å². The summed E-state index contributed by atoms with van der Waals surface area (Å²) in [5.41, 5.74) is 1.25. The van der Waals surface area contributed by atoms with Gasteiger partial charge in [-0.3, -0.25) is 9.18 Å². The molecule has 0 saturated carbocycles. The van der Waals surface area contributed by atoms with Gasteiger partial charge in [0.05, 0.1) is 13.7 Å². The highest BCUT2D eigenvalue weighted by Gasteiger charge is 2.21. The Morgan fingerprint density at radius 3 is 2.05 bits per heavy atom. The molecule has 0 radical (unpaired) electrons. The fourth-order valence-corrected chi connectivity index (χ4v) is 2.22. The Labute approximate surface area is 139 Å². The predicted octanol–water partition coefficient (Wildman–Crippen LogP) is 2.03. The maximum absolute atomic E-state index is 11.9. The van der Waals surface area contributed by atoms with Crippen molar-refractivity contribution in [3.05, 3.63) is 30.3 Å². The number of hydrogen-bond donors (Lipinski definition) is 1. The van der Waals surface area contributed by atoms with E-state index in [1.165, 1.54) is 5.69 Å². The number of amides is 1. The Bertz CT molecular complexity index is 396. The Hall–Kier alpha value is -1.27. The fourth-order valence-electron chi connectivity index (χ4n) is 2.22. The molecule has 0 aliphatic carbocycles. The predicted molar refractivity (Wildman–Crippen MR) is 95.7 cm³/mol. The number of likely N-dealkylation sites (N-methyl/N-ethyl adjacent to an activating group) is 1. The third kappa shape index (κ3) is 7.13. The zero-order valence-electron chi connectivity index (χ0n) is 14.0. The second kappa shape index (κ2) is 12.3. The van der Waals surface area contributed by atoms with Gasteiger partial charge in [0.1, 0.15) is 0 Å². The van der Waals surface area contributed by atoms with E-state index in [1.54, 1.807) is 6.26 Å². The quantitative estimate of drug-likeness (QED) is 0.860. The van der Waals surface area contributed by atoms with Crippen LogP contribution in [0.15, 0.2) is 30.3 Å². The molecule has 126 valence electrons. The molecule has 0 N–H and O–H groups in total. The third-order valence-corrected chi connectivity index (χ3v) is 3.21. The molecule has 0 spiro atoms. The number of rotatable bonds is 3. The highest BCUT2D eigenvalue weighted by atomic mass is 32.1. The lowest BCUT2D eigenvalue weighted by molar-refractivity contribution is -0.132. The van der Waals surface area contributed by atoms with Gasteiger partial charge in [-0.1, -0.05) is 18.2 Å². The monoisotopic (exact) mass is 329 g/mol. The zero-order valence-corrected chi connectivity index (χ0v) is 14.9. The maximum Gasteiger partial charge on any atom is 0.236 e. The van der Waals surface area contributed by atoms with E-state index in [1.807, 2.05) is 30.0 Å². The van der Waals surface area contributed by atoms with Crippen LogP contribution in [0.5, 0.6) is 0 Å². The molecule has 0 unspecified atom stereocenters. The Morgan fingerprint density at radius 2 is 1.59 bits per heavy atom. The Morgan fingerprint density at radius 1 is 1.09 bits per heavy atom. The molecule has 1 aromatic carbocycles. The van der Waals surface area contributed by atoms with Gasteiger partial charge >= 0.3 is 0 Å². The van der Waals surface area contributed by atoms with Gasteiger partial charge < -0.3 is 14.7 Å². The van der Waals surface area contributed by atoms with Crippen LogP contribution >= 0.6 is 12.6 Å². The number of para-hydroxylation sites is 1. The molecule has 2 rings (SSSR count). The molecule has 0 bridgehead atoms. The van der Waals surface area contributed by atoms with E-state index in [4.69, 9.17) is 0 Å². The molecule has 1 saturated heterocycles. The minimum absolute atomic E-state index is 0.229. The number of hydrogen-bond acceptors (Lipinski definition) is 4. The van der Waals surface area contributed by atoms with E-state index in [9.17, 15) is 9.18 Å². The summed E-state index contributed by atoms with van der Waals surface area (Å²) in [6, 6.07) is 10.4. The van der Waals surface area contributed by atoms with E-state index in [2.05, 4.69) is 41.8 Å². The summed E-state index contributed by atoms with van der Waals surface area (Å²) in [6.07, 6.45) is 1.69. The van der Waals surface area contributed by atoms with E-state index >= 15 is 0 Å². The molecule has 1 aliphatic rings. The van der Waals surface area contributed by atoms with E-state index in [0.29, 0.717) is 13.7 Å². The number of thiol groups is 1. The summed E-state index contributed by atoms with van der Waals surface area (Å²) in [5, 5.41) is 0. The molecule has 1 aromatic rings.